The van der Waals surface area contributed by atoms with Crippen molar-refractivity contribution >= 4 is 35.1 Å². The number of carboxylic acids is 1. The van der Waals surface area contributed by atoms with Crippen LogP contribution in [0.25, 0.3) is 0 Å². The summed E-state index contributed by atoms with van der Waals surface area (Å²) in [6, 6.07) is 5.11. The summed E-state index contributed by atoms with van der Waals surface area (Å²) < 4.78 is 0. The lowest BCUT2D eigenvalue weighted by Crippen LogP contribution is -2.47. The van der Waals surface area contributed by atoms with E-state index >= 15 is 0 Å². The minimum atomic E-state index is -0.901. The van der Waals surface area contributed by atoms with Gasteiger partial charge in [0.2, 0.25) is 5.91 Å². The Bertz CT molecular complexity index is 521. The molecule has 1 amide bonds. The van der Waals surface area contributed by atoms with Crippen molar-refractivity contribution in [3.63, 3.8) is 0 Å². The largest absolute Gasteiger partial charge is 0.481 e. The Morgan fingerprint density at radius 1 is 1.37 bits per heavy atom. The highest BCUT2D eigenvalue weighted by Crippen LogP contribution is 2.37. The summed E-state index contributed by atoms with van der Waals surface area (Å²) in [5, 5.41) is 12.7. The predicted octanol–water partition coefficient (Wildman–Crippen LogP) is 2.62. The molecule has 6 heteroatoms. The molecule has 1 aromatic rings. The molecule has 1 atom stereocenters. The zero-order chi connectivity index (χ0) is 14.0. The summed E-state index contributed by atoms with van der Waals surface area (Å²) in [7, 11) is 0. The molecule has 4 nitrogen and oxygen atoms in total. The first kappa shape index (κ1) is 14.2. The van der Waals surface area contributed by atoms with Crippen LogP contribution in [-0.4, -0.2) is 23.5 Å². The standard InChI is InChI=1S/C13H13Cl2NO3/c14-9-2-1-8(5-10(9)15)13(6-12(18)19)4-3-11(17)16-7-13/h1-2,5H,3-4,6-7H2,(H,16,17)(H,18,19). The molecule has 0 aliphatic carbocycles. The van der Waals surface area contributed by atoms with Crippen molar-refractivity contribution in [2.24, 2.45) is 0 Å². The number of carbonyl (C=O) groups is 2. The van der Waals surface area contributed by atoms with E-state index in [0.717, 1.165) is 5.56 Å². The Kier molecular flexibility index (Phi) is 4.02. The molecule has 1 aromatic carbocycles. The first-order chi connectivity index (χ1) is 8.93. The average molecular weight is 302 g/mol. The topological polar surface area (TPSA) is 66.4 Å². The number of benzene rings is 1. The van der Waals surface area contributed by atoms with E-state index in [1.807, 2.05) is 0 Å². The number of carboxylic acid groups (broad SMARTS) is 1. The van der Waals surface area contributed by atoms with Crippen LogP contribution < -0.4 is 5.32 Å². The number of amides is 1. The Hall–Kier alpha value is -1.26. The second kappa shape index (κ2) is 5.39. The van der Waals surface area contributed by atoms with E-state index in [-0.39, 0.29) is 12.3 Å². The fraction of sp³-hybridized carbons (Fsp3) is 0.385. The maximum Gasteiger partial charge on any atom is 0.304 e. The van der Waals surface area contributed by atoms with Crippen molar-refractivity contribution in [3.8, 4) is 0 Å². The number of piperidine rings is 1. The highest BCUT2D eigenvalue weighted by Gasteiger charge is 2.38. The van der Waals surface area contributed by atoms with Gasteiger partial charge in [-0.15, -0.1) is 0 Å². The molecule has 2 rings (SSSR count). The van der Waals surface area contributed by atoms with Gasteiger partial charge in [0.25, 0.3) is 0 Å². The number of halogens is 2. The van der Waals surface area contributed by atoms with E-state index in [1.165, 1.54) is 0 Å². The predicted molar refractivity (Wildman–Crippen MR) is 72.6 cm³/mol. The fourth-order valence-electron chi connectivity index (χ4n) is 2.41. The maximum atomic E-state index is 11.3. The summed E-state index contributed by atoms with van der Waals surface area (Å²) in [5.41, 5.74) is 0.179. The Morgan fingerprint density at radius 2 is 2.11 bits per heavy atom. The van der Waals surface area contributed by atoms with Crippen molar-refractivity contribution in [1.29, 1.82) is 0 Å². The molecule has 2 N–H and O–H groups in total. The minimum Gasteiger partial charge on any atom is -0.481 e. The number of hydrogen-bond acceptors (Lipinski definition) is 2. The number of nitrogens with one attached hydrogen (secondary N) is 1. The van der Waals surface area contributed by atoms with Gasteiger partial charge in [-0.2, -0.15) is 0 Å². The SMILES string of the molecule is O=C(O)CC1(c2ccc(Cl)c(Cl)c2)CCC(=O)NC1. The lowest BCUT2D eigenvalue weighted by Gasteiger charge is -2.36. The van der Waals surface area contributed by atoms with Gasteiger partial charge in [0.15, 0.2) is 0 Å². The third-order valence-electron chi connectivity index (χ3n) is 3.48. The van der Waals surface area contributed by atoms with Gasteiger partial charge in [-0.25, -0.2) is 0 Å². The van der Waals surface area contributed by atoms with Crippen molar-refractivity contribution in [2.45, 2.75) is 24.7 Å². The van der Waals surface area contributed by atoms with Crippen LogP contribution in [0.5, 0.6) is 0 Å². The molecular formula is C13H13Cl2NO3. The van der Waals surface area contributed by atoms with Gasteiger partial charge >= 0.3 is 5.97 Å². The monoisotopic (exact) mass is 301 g/mol. The molecule has 1 saturated heterocycles. The molecule has 102 valence electrons. The van der Waals surface area contributed by atoms with Crippen molar-refractivity contribution in [2.75, 3.05) is 6.54 Å². The zero-order valence-electron chi connectivity index (χ0n) is 10.1. The van der Waals surface area contributed by atoms with Gasteiger partial charge in [-0.3, -0.25) is 9.59 Å². The van der Waals surface area contributed by atoms with Crippen LogP contribution in [0.15, 0.2) is 18.2 Å². The van der Waals surface area contributed by atoms with Crippen molar-refractivity contribution < 1.29 is 14.7 Å². The average Bonchev–Trinajstić information content (AvgIpc) is 2.35. The Balaban J connectivity index is 2.39. The van der Waals surface area contributed by atoms with Gasteiger partial charge in [-0.05, 0) is 24.1 Å². The first-order valence-electron chi connectivity index (χ1n) is 5.87. The van der Waals surface area contributed by atoms with Crippen molar-refractivity contribution in [3.05, 3.63) is 33.8 Å². The van der Waals surface area contributed by atoms with E-state index < -0.39 is 11.4 Å². The molecule has 1 unspecified atom stereocenters. The smallest absolute Gasteiger partial charge is 0.304 e. The molecule has 1 heterocycles. The second-order valence-corrected chi connectivity index (χ2v) is 5.57. The summed E-state index contributed by atoms with van der Waals surface area (Å²) in [6.07, 6.45) is 0.752. The second-order valence-electron chi connectivity index (χ2n) is 4.76. The van der Waals surface area contributed by atoms with Crippen molar-refractivity contribution in [1.82, 2.24) is 5.32 Å². The number of carbonyl (C=O) groups excluding carboxylic acids is 1. The van der Waals surface area contributed by atoms with E-state index in [2.05, 4.69) is 5.32 Å². The third kappa shape index (κ3) is 3.01. The molecule has 19 heavy (non-hydrogen) atoms. The van der Waals surface area contributed by atoms with Crippen LogP contribution in [0.4, 0.5) is 0 Å². The molecule has 0 aromatic heterocycles. The third-order valence-corrected chi connectivity index (χ3v) is 4.22. The van der Waals surface area contributed by atoms with Gasteiger partial charge in [-0.1, -0.05) is 29.3 Å². The first-order valence-corrected chi connectivity index (χ1v) is 6.63. The normalized spacial score (nSPS) is 22.9. The van der Waals surface area contributed by atoms with E-state index in [9.17, 15) is 9.59 Å². The summed E-state index contributed by atoms with van der Waals surface area (Å²) in [6.45, 7) is 0.302. The molecular weight excluding hydrogens is 289 g/mol. The number of aliphatic carboxylic acids is 1. The van der Waals surface area contributed by atoms with Crippen LogP contribution >= 0.6 is 23.2 Å². The van der Waals surface area contributed by atoms with Gasteiger partial charge in [0.1, 0.15) is 0 Å². The number of rotatable bonds is 3. The van der Waals surface area contributed by atoms with Crippen LogP contribution in [0.3, 0.4) is 0 Å². The van der Waals surface area contributed by atoms with E-state index in [4.69, 9.17) is 28.3 Å². The van der Waals surface area contributed by atoms with Crippen LogP contribution in [0.2, 0.25) is 10.0 Å². The molecule has 1 fully saturated rings. The van der Waals surface area contributed by atoms with Crippen LogP contribution in [0, 0.1) is 0 Å². The lowest BCUT2D eigenvalue weighted by atomic mass is 9.72. The van der Waals surface area contributed by atoms with Crippen LogP contribution in [-0.2, 0) is 15.0 Å². The molecule has 1 aliphatic rings. The van der Waals surface area contributed by atoms with Gasteiger partial charge in [0, 0.05) is 18.4 Å². The van der Waals surface area contributed by atoms with Gasteiger partial charge < -0.3 is 10.4 Å². The molecule has 0 radical (unpaired) electrons. The lowest BCUT2D eigenvalue weighted by molar-refractivity contribution is -0.139. The zero-order valence-corrected chi connectivity index (χ0v) is 11.6. The molecule has 0 saturated carbocycles. The summed E-state index contributed by atoms with van der Waals surface area (Å²) in [4.78, 5) is 22.4. The fourth-order valence-corrected chi connectivity index (χ4v) is 2.71. The van der Waals surface area contributed by atoms with E-state index in [0.29, 0.717) is 29.4 Å². The molecule has 0 spiro atoms. The maximum absolute atomic E-state index is 11.3. The Morgan fingerprint density at radius 3 is 2.63 bits per heavy atom. The molecule has 1 aliphatic heterocycles. The highest BCUT2D eigenvalue weighted by molar-refractivity contribution is 6.42. The Labute approximate surface area is 120 Å². The number of hydrogen-bond donors (Lipinski definition) is 2. The minimum absolute atomic E-state index is 0.0504. The highest BCUT2D eigenvalue weighted by atomic mass is 35.5. The van der Waals surface area contributed by atoms with E-state index in [1.54, 1.807) is 18.2 Å². The van der Waals surface area contributed by atoms with Gasteiger partial charge in [0.05, 0.1) is 16.5 Å². The van der Waals surface area contributed by atoms with Crippen LogP contribution in [0.1, 0.15) is 24.8 Å². The summed E-state index contributed by atoms with van der Waals surface area (Å²) in [5.74, 6) is -0.955. The quantitative estimate of drug-likeness (QED) is 0.902. The summed E-state index contributed by atoms with van der Waals surface area (Å²) >= 11 is 11.9. The molecule has 0 bridgehead atoms.